The first kappa shape index (κ1) is 9.38. The minimum atomic E-state index is -0.377. The highest BCUT2D eigenvalue weighted by Crippen LogP contribution is 2.13. The van der Waals surface area contributed by atoms with Gasteiger partial charge in [-0.25, -0.2) is 0 Å². The number of nitrogens with two attached hydrogens (primary N) is 1. The van der Waals surface area contributed by atoms with E-state index in [1.807, 2.05) is 0 Å². The van der Waals surface area contributed by atoms with E-state index in [4.69, 9.17) is 5.73 Å². The highest BCUT2D eigenvalue weighted by Gasteiger charge is 2.07. The lowest BCUT2D eigenvalue weighted by Crippen LogP contribution is -2.23. The van der Waals surface area contributed by atoms with Crippen molar-refractivity contribution in [1.29, 1.82) is 0 Å². The lowest BCUT2D eigenvalue weighted by atomic mass is 10.2. The van der Waals surface area contributed by atoms with Gasteiger partial charge in [0.05, 0.1) is 0 Å². The van der Waals surface area contributed by atoms with Crippen molar-refractivity contribution in [1.82, 2.24) is 4.57 Å². The number of nitrogens with zero attached hydrogens (tertiary/aromatic N) is 1. The average molecular weight is 180 g/mol. The van der Waals surface area contributed by atoms with Crippen LogP contribution in [0, 0.1) is 6.92 Å². The third-order valence-electron chi connectivity index (χ3n) is 1.83. The zero-order chi connectivity index (χ0) is 10.0. The molecule has 0 spiro atoms. The molecule has 1 rings (SSSR count). The van der Waals surface area contributed by atoms with E-state index in [0.717, 1.165) is 4.57 Å². The monoisotopic (exact) mass is 180 g/mol. The molecule has 1 heterocycles. The zero-order valence-electron chi connectivity index (χ0n) is 7.45. The number of allylic oxidation sites excluding steroid dienone is 1. The first-order valence-corrected chi connectivity index (χ1v) is 3.87. The fraction of sp³-hybridized carbons (Fsp3) is 0.222. The minimum absolute atomic E-state index is 0.0865. The average Bonchev–Trinajstić information content (AvgIpc) is 2.09. The number of hydrogen-bond donors (Lipinski definition) is 2. The van der Waals surface area contributed by atoms with Crippen molar-refractivity contribution in [3.05, 3.63) is 34.6 Å². The second-order valence-corrected chi connectivity index (χ2v) is 2.80. The van der Waals surface area contributed by atoms with Gasteiger partial charge in [0.1, 0.15) is 5.69 Å². The van der Waals surface area contributed by atoms with Crippen LogP contribution in [0.5, 0.6) is 5.88 Å². The number of pyridine rings is 1. The Balaban J connectivity index is 3.43. The van der Waals surface area contributed by atoms with Gasteiger partial charge in [0.2, 0.25) is 0 Å². The first-order valence-electron chi connectivity index (χ1n) is 3.87. The summed E-state index contributed by atoms with van der Waals surface area (Å²) < 4.78 is 1.16. The lowest BCUT2D eigenvalue weighted by molar-refractivity contribution is 0.416. The Morgan fingerprint density at radius 3 is 2.92 bits per heavy atom. The molecule has 4 nitrogen and oxygen atoms in total. The molecule has 70 valence electrons. The number of aromatic hydroxyl groups is 1. The zero-order valence-corrected chi connectivity index (χ0v) is 7.45. The third kappa shape index (κ3) is 1.56. The molecule has 0 aliphatic heterocycles. The van der Waals surface area contributed by atoms with Crippen molar-refractivity contribution in [2.75, 3.05) is 5.73 Å². The molecule has 0 amide bonds. The maximum absolute atomic E-state index is 11.4. The highest BCUT2D eigenvalue weighted by atomic mass is 16.3. The summed E-state index contributed by atoms with van der Waals surface area (Å²) >= 11 is 0. The number of nitrogen functional groups attached to an aromatic ring is 1. The minimum Gasteiger partial charge on any atom is -0.494 e. The summed E-state index contributed by atoms with van der Waals surface area (Å²) in [5, 5.41) is 9.39. The molecule has 0 aliphatic carbocycles. The molecule has 0 unspecified atom stereocenters. The Morgan fingerprint density at radius 2 is 2.38 bits per heavy atom. The van der Waals surface area contributed by atoms with Crippen LogP contribution in [0.4, 0.5) is 5.69 Å². The number of rotatable bonds is 2. The maximum atomic E-state index is 11.4. The van der Waals surface area contributed by atoms with Gasteiger partial charge in [-0.05, 0) is 12.5 Å². The lowest BCUT2D eigenvalue weighted by Gasteiger charge is -2.08. The topological polar surface area (TPSA) is 68.2 Å². The second-order valence-electron chi connectivity index (χ2n) is 2.80. The smallest absolute Gasteiger partial charge is 0.277 e. The summed E-state index contributed by atoms with van der Waals surface area (Å²) in [5.41, 5.74) is 5.88. The van der Waals surface area contributed by atoms with Gasteiger partial charge in [0, 0.05) is 12.6 Å². The summed E-state index contributed by atoms with van der Waals surface area (Å²) in [5.74, 6) is -0.0865. The molecule has 0 aromatic carbocycles. The van der Waals surface area contributed by atoms with Crippen LogP contribution in [0.25, 0.3) is 0 Å². The number of anilines is 1. The molecule has 1 aromatic rings. The predicted octanol–water partition coefficient (Wildman–Crippen LogP) is 0.631. The Hall–Kier alpha value is -1.71. The molecule has 0 fully saturated rings. The van der Waals surface area contributed by atoms with Gasteiger partial charge in [-0.15, -0.1) is 6.58 Å². The van der Waals surface area contributed by atoms with Crippen LogP contribution in [0.15, 0.2) is 23.5 Å². The maximum Gasteiger partial charge on any atom is 0.277 e. The van der Waals surface area contributed by atoms with Crippen LogP contribution in [0.3, 0.4) is 0 Å². The van der Waals surface area contributed by atoms with Crippen molar-refractivity contribution in [3.63, 3.8) is 0 Å². The SMILES string of the molecule is C=CCn1c(O)cc(C)c(N)c1=O. The van der Waals surface area contributed by atoms with E-state index in [0.29, 0.717) is 5.56 Å². The standard InChI is InChI=1S/C9H12N2O2/c1-3-4-11-7(12)5-6(2)8(10)9(11)13/h3,5,12H,1,4,10H2,2H3. The van der Waals surface area contributed by atoms with Gasteiger partial charge >= 0.3 is 0 Å². The van der Waals surface area contributed by atoms with Crippen molar-refractivity contribution in [2.45, 2.75) is 13.5 Å². The van der Waals surface area contributed by atoms with Crippen LogP contribution >= 0.6 is 0 Å². The fourth-order valence-corrected chi connectivity index (χ4v) is 1.07. The van der Waals surface area contributed by atoms with Crippen molar-refractivity contribution < 1.29 is 5.11 Å². The van der Waals surface area contributed by atoms with Gasteiger partial charge in [-0.3, -0.25) is 9.36 Å². The van der Waals surface area contributed by atoms with Crippen LogP contribution in [0.1, 0.15) is 5.56 Å². The molecule has 0 saturated heterocycles. The van der Waals surface area contributed by atoms with E-state index in [2.05, 4.69) is 6.58 Å². The van der Waals surface area contributed by atoms with Gasteiger partial charge in [0.15, 0.2) is 5.88 Å². The molecular formula is C9H12N2O2. The van der Waals surface area contributed by atoms with Crippen LogP contribution in [0.2, 0.25) is 0 Å². The molecule has 4 heteroatoms. The molecule has 0 saturated carbocycles. The van der Waals surface area contributed by atoms with E-state index in [-0.39, 0.29) is 23.7 Å². The normalized spacial score (nSPS) is 9.92. The predicted molar refractivity (Wildman–Crippen MR) is 51.7 cm³/mol. The number of aryl methyl sites for hydroxylation is 1. The van der Waals surface area contributed by atoms with E-state index in [1.165, 1.54) is 12.1 Å². The summed E-state index contributed by atoms with van der Waals surface area (Å²) in [4.78, 5) is 11.4. The Morgan fingerprint density at radius 1 is 1.77 bits per heavy atom. The summed E-state index contributed by atoms with van der Waals surface area (Å²) in [6, 6.07) is 1.46. The Kier molecular flexibility index (Phi) is 2.41. The van der Waals surface area contributed by atoms with Gasteiger partial charge in [0.25, 0.3) is 5.56 Å². The quantitative estimate of drug-likeness (QED) is 0.656. The van der Waals surface area contributed by atoms with E-state index in [1.54, 1.807) is 6.92 Å². The molecule has 0 atom stereocenters. The third-order valence-corrected chi connectivity index (χ3v) is 1.83. The van der Waals surface area contributed by atoms with Crippen molar-refractivity contribution >= 4 is 5.69 Å². The highest BCUT2D eigenvalue weighted by molar-refractivity contribution is 5.46. The molecule has 0 radical (unpaired) electrons. The van der Waals surface area contributed by atoms with E-state index >= 15 is 0 Å². The summed E-state index contributed by atoms with van der Waals surface area (Å²) in [7, 11) is 0. The van der Waals surface area contributed by atoms with Gasteiger partial charge in [-0.1, -0.05) is 6.08 Å². The molecule has 1 aromatic heterocycles. The summed E-state index contributed by atoms with van der Waals surface area (Å²) in [6.45, 7) is 5.41. The first-order chi connectivity index (χ1) is 6.07. The molecule has 0 aliphatic rings. The van der Waals surface area contributed by atoms with Gasteiger partial charge < -0.3 is 10.8 Å². The van der Waals surface area contributed by atoms with E-state index < -0.39 is 0 Å². The van der Waals surface area contributed by atoms with Crippen LogP contribution in [-0.2, 0) is 6.54 Å². The number of hydrogen-bond acceptors (Lipinski definition) is 3. The molecular weight excluding hydrogens is 168 g/mol. The van der Waals surface area contributed by atoms with Crippen LogP contribution < -0.4 is 11.3 Å². The van der Waals surface area contributed by atoms with Crippen molar-refractivity contribution in [3.8, 4) is 5.88 Å². The number of aromatic nitrogens is 1. The Bertz CT molecular complexity index is 393. The molecule has 0 bridgehead atoms. The fourth-order valence-electron chi connectivity index (χ4n) is 1.07. The summed E-state index contributed by atoms with van der Waals surface area (Å²) in [6.07, 6.45) is 1.52. The Labute approximate surface area is 75.9 Å². The van der Waals surface area contributed by atoms with Gasteiger partial charge in [-0.2, -0.15) is 0 Å². The molecule has 13 heavy (non-hydrogen) atoms. The largest absolute Gasteiger partial charge is 0.494 e. The molecule has 3 N–H and O–H groups in total. The van der Waals surface area contributed by atoms with E-state index in [9.17, 15) is 9.90 Å². The van der Waals surface area contributed by atoms with Crippen molar-refractivity contribution in [2.24, 2.45) is 0 Å². The van der Waals surface area contributed by atoms with Crippen LogP contribution in [-0.4, -0.2) is 9.67 Å². The second kappa shape index (κ2) is 3.35.